The molecule has 4 rings (SSSR count). The zero-order valence-corrected chi connectivity index (χ0v) is 15.1. The van der Waals surface area contributed by atoms with Crippen molar-refractivity contribution in [2.45, 2.75) is 6.10 Å². The second-order valence-corrected chi connectivity index (χ2v) is 6.51. The van der Waals surface area contributed by atoms with E-state index in [1.807, 2.05) is 30.3 Å². The number of hydrogen-bond donors (Lipinski definition) is 1. The summed E-state index contributed by atoms with van der Waals surface area (Å²) in [5, 5.41) is 9.65. The van der Waals surface area contributed by atoms with Gasteiger partial charge in [0.05, 0.1) is 26.4 Å². The van der Waals surface area contributed by atoms with E-state index in [2.05, 4.69) is 4.90 Å². The largest absolute Gasteiger partial charge is 0.497 e. The van der Waals surface area contributed by atoms with Crippen molar-refractivity contribution in [1.82, 2.24) is 0 Å². The zero-order valence-electron chi connectivity index (χ0n) is 15.1. The third-order valence-corrected chi connectivity index (χ3v) is 4.79. The van der Waals surface area contributed by atoms with Crippen LogP contribution in [0.4, 0.5) is 5.69 Å². The van der Waals surface area contributed by atoms with Crippen LogP contribution < -0.4 is 15.3 Å². The van der Waals surface area contributed by atoms with Gasteiger partial charge in [-0.15, -0.1) is 0 Å². The average molecular weight is 367 g/mol. The smallest absolute Gasteiger partial charge is 0.336 e. The number of ether oxygens (including phenoxy) is 2. The van der Waals surface area contributed by atoms with Gasteiger partial charge in [0.25, 0.3) is 0 Å². The van der Waals surface area contributed by atoms with E-state index in [1.54, 1.807) is 19.2 Å². The molecule has 1 saturated heterocycles. The van der Waals surface area contributed by atoms with Gasteiger partial charge < -0.3 is 23.9 Å². The fourth-order valence-electron chi connectivity index (χ4n) is 3.33. The molecule has 2 heterocycles. The summed E-state index contributed by atoms with van der Waals surface area (Å²) >= 11 is 0. The van der Waals surface area contributed by atoms with E-state index >= 15 is 0 Å². The molecule has 0 spiro atoms. The summed E-state index contributed by atoms with van der Waals surface area (Å²) in [6.07, 6.45) is 0.173. The lowest BCUT2D eigenvalue weighted by Crippen LogP contribution is -2.52. The van der Waals surface area contributed by atoms with Crippen molar-refractivity contribution >= 4 is 16.7 Å². The van der Waals surface area contributed by atoms with Crippen molar-refractivity contribution in [3.8, 4) is 16.9 Å². The Bertz CT molecular complexity index is 990. The van der Waals surface area contributed by atoms with Crippen molar-refractivity contribution in [1.29, 1.82) is 0 Å². The topological polar surface area (TPSA) is 72.1 Å². The van der Waals surface area contributed by atoms with Crippen LogP contribution in [0.2, 0.25) is 0 Å². The van der Waals surface area contributed by atoms with Gasteiger partial charge in [0, 0.05) is 30.2 Å². The minimum absolute atomic E-state index is 0.0506. The van der Waals surface area contributed by atoms with Crippen molar-refractivity contribution in [2.24, 2.45) is 0 Å². The molecule has 2 aromatic carbocycles. The third kappa shape index (κ3) is 3.54. The molecule has 0 unspecified atom stereocenters. The molecule has 1 aliphatic rings. The van der Waals surface area contributed by atoms with Crippen LogP contribution in [0.25, 0.3) is 22.1 Å². The van der Waals surface area contributed by atoms with Gasteiger partial charge in [-0.1, -0.05) is 12.1 Å². The molecule has 27 heavy (non-hydrogen) atoms. The molecular weight excluding hydrogens is 346 g/mol. The summed E-state index contributed by atoms with van der Waals surface area (Å²) < 4.78 is 16.1. The molecule has 1 fully saturated rings. The molecule has 6 heteroatoms. The van der Waals surface area contributed by atoms with Crippen LogP contribution in [0.15, 0.2) is 57.7 Å². The summed E-state index contributed by atoms with van der Waals surface area (Å²) in [5.74, 6) is 0.712. The molecule has 3 aromatic rings. The maximum atomic E-state index is 11.9. The molecule has 1 aromatic heterocycles. The fourth-order valence-corrected chi connectivity index (χ4v) is 3.33. The molecule has 0 radical (unpaired) electrons. The monoisotopic (exact) mass is 367 g/mol. The predicted molar refractivity (Wildman–Crippen MR) is 104 cm³/mol. The molecule has 0 amide bonds. The first kappa shape index (κ1) is 17.6. The van der Waals surface area contributed by atoms with Crippen LogP contribution in [0.3, 0.4) is 0 Å². The number of anilines is 1. The molecule has 0 bridgehead atoms. The molecule has 1 N–H and O–H groups in total. The summed E-state index contributed by atoms with van der Waals surface area (Å²) in [6, 6.07) is 15.0. The number of benzene rings is 2. The number of aliphatic hydroxyl groups is 1. The Hall–Kier alpha value is -2.83. The van der Waals surface area contributed by atoms with Crippen LogP contribution in [0.5, 0.6) is 5.75 Å². The lowest BCUT2D eigenvalue weighted by atomic mass is 10.0. The molecule has 0 atom stereocenters. The summed E-state index contributed by atoms with van der Waals surface area (Å²) in [7, 11) is 1.61. The van der Waals surface area contributed by atoms with Gasteiger partial charge >= 0.3 is 5.63 Å². The van der Waals surface area contributed by atoms with Crippen molar-refractivity contribution in [3.63, 3.8) is 0 Å². The fraction of sp³-hybridized carbons (Fsp3) is 0.286. The molecule has 140 valence electrons. The Morgan fingerprint density at radius 2 is 1.93 bits per heavy atom. The van der Waals surface area contributed by atoms with Gasteiger partial charge in [-0.3, -0.25) is 0 Å². The van der Waals surface area contributed by atoms with E-state index in [-0.39, 0.29) is 18.3 Å². The molecule has 6 nitrogen and oxygen atoms in total. The van der Waals surface area contributed by atoms with Gasteiger partial charge in [-0.05, 0) is 41.5 Å². The number of rotatable bonds is 6. The molecule has 0 saturated carbocycles. The number of fused-ring (bicyclic) bond motifs is 1. The SMILES string of the molecule is COc1ccc2oc(=O)cc(-c3ccc(N4CC(OCCO)C4)cc3)c2c1. The Kier molecular flexibility index (Phi) is 4.83. The highest BCUT2D eigenvalue weighted by molar-refractivity contribution is 5.94. The van der Waals surface area contributed by atoms with Crippen LogP contribution in [0.1, 0.15) is 0 Å². The Balaban J connectivity index is 1.60. The van der Waals surface area contributed by atoms with Crippen LogP contribution in [0, 0.1) is 0 Å². The summed E-state index contributed by atoms with van der Waals surface area (Å²) in [4.78, 5) is 14.2. The van der Waals surface area contributed by atoms with E-state index in [1.165, 1.54) is 6.07 Å². The average Bonchev–Trinajstić information content (AvgIpc) is 2.66. The second-order valence-electron chi connectivity index (χ2n) is 6.51. The van der Waals surface area contributed by atoms with Gasteiger partial charge in [0.15, 0.2) is 0 Å². The van der Waals surface area contributed by atoms with Gasteiger partial charge in [0.1, 0.15) is 11.3 Å². The number of aliphatic hydroxyl groups excluding tert-OH is 1. The van der Waals surface area contributed by atoms with E-state index in [9.17, 15) is 4.79 Å². The van der Waals surface area contributed by atoms with E-state index < -0.39 is 0 Å². The first-order chi connectivity index (χ1) is 13.2. The molecule has 1 aliphatic heterocycles. The predicted octanol–water partition coefficient (Wildman–Crippen LogP) is 2.67. The Morgan fingerprint density at radius 1 is 1.15 bits per heavy atom. The zero-order chi connectivity index (χ0) is 18.8. The van der Waals surface area contributed by atoms with Gasteiger partial charge in [0.2, 0.25) is 0 Å². The van der Waals surface area contributed by atoms with E-state index in [0.717, 1.165) is 35.3 Å². The maximum absolute atomic E-state index is 11.9. The van der Waals surface area contributed by atoms with Crippen LogP contribution in [-0.4, -0.2) is 44.6 Å². The Morgan fingerprint density at radius 3 is 2.63 bits per heavy atom. The van der Waals surface area contributed by atoms with Crippen LogP contribution >= 0.6 is 0 Å². The minimum atomic E-state index is -0.377. The summed E-state index contributed by atoms with van der Waals surface area (Å²) in [6.45, 7) is 2.06. The first-order valence-electron chi connectivity index (χ1n) is 8.87. The number of methoxy groups -OCH3 is 1. The minimum Gasteiger partial charge on any atom is -0.497 e. The lowest BCUT2D eigenvalue weighted by Gasteiger charge is -2.40. The van der Waals surface area contributed by atoms with Crippen LogP contribution in [-0.2, 0) is 4.74 Å². The highest BCUT2D eigenvalue weighted by atomic mass is 16.5. The second kappa shape index (κ2) is 7.42. The third-order valence-electron chi connectivity index (χ3n) is 4.79. The first-order valence-corrected chi connectivity index (χ1v) is 8.87. The van der Waals surface area contributed by atoms with Crippen molar-refractivity contribution < 1.29 is 19.0 Å². The maximum Gasteiger partial charge on any atom is 0.336 e. The highest BCUT2D eigenvalue weighted by Gasteiger charge is 2.27. The quantitative estimate of drug-likeness (QED) is 0.676. The number of hydrogen-bond acceptors (Lipinski definition) is 6. The standard InChI is InChI=1S/C21H21NO5/c1-25-16-6-7-20-19(10-16)18(11-21(24)27-20)14-2-4-15(5-3-14)22-12-17(13-22)26-9-8-23/h2-7,10-11,17,23H,8-9,12-13H2,1H3. The number of nitrogens with zero attached hydrogens (tertiary/aromatic N) is 1. The molecule has 0 aliphatic carbocycles. The van der Waals surface area contributed by atoms with E-state index in [0.29, 0.717) is 17.9 Å². The van der Waals surface area contributed by atoms with Crippen molar-refractivity contribution in [2.75, 3.05) is 38.3 Å². The summed E-state index contributed by atoms with van der Waals surface area (Å²) in [5.41, 5.74) is 3.03. The van der Waals surface area contributed by atoms with E-state index in [4.69, 9.17) is 19.0 Å². The Labute approximate surface area is 156 Å². The van der Waals surface area contributed by atoms with Gasteiger partial charge in [-0.2, -0.15) is 0 Å². The highest BCUT2D eigenvalue weighted by Crippen LogP contribution is 2.32. The van der Waals surface area contributed by atoms with Crippen molar-refractivity contribution in [3.05, 3.63) is 59.0 Å². The lowest BCUT2D eigenvalue weighted by molar-refractivity contribution is 0.0135. The molecular formula is C21H21NO5. The normalized spacial score (nSPS) is 14.4. The van der Waals surface area contributed by atoms with Gasteiger partial charge in [-0.25, -0.2) is 4.79 Å².